The molecule has 4 rings (SSSR count). The van der Waals surface area contributed by atoms with Crippen molar-refractivity contribution in [2.75, 3.05) is 7.11 Å². The fraction of sp³-hybridized carbons (Fsp3) is 0.130. The summed E-state index contributed by atoms with van der Waals surface area (Å²) in [6.07, 6.45) is 1.70. The minimum atomic E-state index is -0.304. The van der Waals surface area contributed by atoms with E-state index >= 15 is 0 Å². The quantitative estimate of drug-likeness (QED) is 0.555. The van der Waals surface area contributed by atoms with Crippen LogP contribution in [0, 0.1) is 5.82 Å². The number of phenolic OH excluding ortho intramolecular Hbond substituents is 1. The zero-order chi connectivity index (χ0) is 20.4. The molecule has 2 unspecified atom stereocenters. The van der Waals surface area contributed by atoms with Gasteiger partial charge in [0.15, 0.2) is 0 Å². The lowest BCUT2D eigenvalue weighted by Gasteiger charge is -2.33. The minimum Gasteiger partial charge on any atom is -0.508 e. The Kier molecular flexibility index (Phi) is 5.43. The molecule has 3 aromatic rings. The molecule has 2 atom stereocenters. The molecule has 4 nitrogen and oxygen atoms in total. The highest BCUT2D eigenvalue weighted by atomic mass is 35.5. The molecule has 1 heterocycles. The molecule has 3 aromatic carbocycles. The van der Waals surface area contributed by atoms with Crippen molar-refractivity contribution >= 4 is 17.3 Å². The van der Waals surface area contributed by atoms with Crippen LogP contribution in [0.25, 0.3) is 5.70 Å². The lowest BCUT2D eigenvalue weighted by Crippen LogP contribution is -2.39. The topological polar surface area (TPSA) is 53.5 Å². The van der Waals surface area contributed by atoms with Gasteiger partial charge in [0.25, 0.3) is 0 Å². The van der Waals surface area contributed by atoms with Crippen LogP contribution < -0.4 is 15.4 Å². The summed E-state index contributed by atoms with van der Waals surface area (Å²) in [7, 11) is 1.62. The second-order valence-electron chi connectivity index (χ2n) is 6.79. The summed E-state index contributed by atoms with van der Waals surface area (Å²) in [4.78, 5) is 0. The zero-order valence-corrected chi connectivity index (χ0v) is 16.5. The van der Waals surface area contributed by atoms with E-state index in [1.165, 1.54) is 12.1 Å². The van der Waals surface area contributed by atoms with Crippen molar-refractivity contribution in [3.63, 3.8) is 0 Å². The van der Waals surface area contributed by atoms with E-state index in [9.17, 15) is 9.50 Å². The Morgan fingerprint density at radius 3 is 2.41 bits per heavy atom. The predicted molar refractivity (Wildman–Crippen MR) is 112 cm³/mol. The average Bonchev–Trinajstić information content (AvgIpc) is 2.75. The van der Waals surface area contributed by atoms with Crippen molar-refractivity contribution in [1.82, 2.24) is 10.6 Å². The molecule has 3 N–H and O–H groups in total. The molecule has 6 heteroatoms. The van der Waals surface area contributed by atoms with Gasteiger partial charge < -0.3 is 15.2 Å². The van der Waals surface area contributed by atoms with Crippen LogP contribution in [0.15, 0.2) is 72.8 Å². The summed E-state index contributed by atoms with van der Waals surface area (Å²) in [6.45, 7) is 0. The molecule has 0 saturated carbocycles. The third-order valence-corrected chi connectivity index (χ3v) is 5.14. The Balaban J connectivity index is 1.75. The number of ether oxygens (including phenoxy) is 1. The van der Waals surface area contributed by atoms with Gasteiger partial charge in [-0.2, -0.15) is 0 Å². The van der Waals surface area contributed by atoms with Crippen molar-refractivity contribution < 1.29 is 14.2 Å². The van der Waals surface area contributed by atoms with Crippen molar-refractivity contribution in [2.24, 2.45) is 0 Å². The maximum absolute atomic E-state index is 13.4. The molecule has 0 aromatic heterocycles. The first kappa shape index (κ1) is 19.3. The molecule has 29 heavy (non-hydrogen) atoms. The fourth-order valence-electron chi connectivity index (χ4n) is 3.38. The molecule has 0 bridgehead atoms. The minimum absolute atomic E-state index is 0.150. The highest BCUT2D eigenvalue weighted by molar-refractivity contribution is 6.30. The van der Waals surface area contributed by atoms with E-state index in [0.29, 0.717) is 10.6 Å². The fourth-order valence-corrected chi connectivity index (χ4v) is 3.56. The molecule has 0 aliphatic carbocycles. The summed E-state index contributed by atoms with van der Waals surface area (Å²) in [5, 5.41) is 17.8. The van der Waals surface area contributed by atoms with E-state index in [1.807, 2.05) is 30.3 Å². The molecule has 0 saturated heterocycles. The van der Waals surface area contributed by atoms with Gasteiger partial charge in [-0.25, -0.2) is 4.39 Å². The van der Waals surface area contributed by atoms with Crippen LogP contribution in [0.2, 0.25) is 5.02 Å². The van der Waals surface area contributed by atoms with Gasteiger partial charge in [-0.15, -0.1) is 0 Å². The van der Waals surface area contributed by atoms with E-state index in [2.05, 4.69) is 10.6 Å². The van der Waals surface area contributed by atoms with Gasteiger partial charge in [0.1, 0.15) is 23.5 Å². The standard InChI is InChI=1S/C23H20ClFN2O2/c1-29-18-9-4-14(5-10-18)20-13-21(19-12-16(24)6-11-22(19)28)27-23(26-20)15-2-7-17(25)8-3-15/h2-13,21,23,26-28H,1H3. The van der Waals surface area contributed by atoms with Crippen LogP contribution in [0.1, 0.15) is 28.9 Å². The van der Waals surface area contributed by atoms with Crippen LogP contribution in [0.3, 0.4) is 0 Å². The summed E-state index contributed by atoms with van der Waals surface area (Å²) < 4.78 is 18.6. The Labute approximate surface area is 173 Å². The van der Waals surface area contributed by atoms with Crippen LogP contribution in [-0.2, 0) is 0 Å². The van der Waals surface area contributed by atoms with Gasteiger partial charge in [0, 0.05) is 16.3 Å². The molecule has 1 aliphatic heterocycles. The van der Waals surface area contributed by atoms with Crippen LogP contribution in [0.5, 0.6) is 11.5 Å². The Morgan fingerprint density at radius 1 is 1.00 bits per heavy atom. The summed E-state index contributed by atoms with van der Waals surface area (Å²) in [5.74, 6) is 0.624. The van der Waals surface area contributed by atoms with E-state index in [1.54, 1.807) is 37.4 Å². The Hall–Kier alpha value is -3.02. The second-order valence-corrected chi connectivity index (χ2v) is 7.22. The number of rotatable bonds is 4. The largest absolute Gasteiger partial charge is 0.508 e. The highest BCUT2D eigenvalue weighted by Gasteiger charge is 2.26. The van der Waals surface area contributed by atoms with Gasteiger partial charge in [-0.1, -0.05) is 23.7 Å². The monoisotopic (exact) mass is 410 g/mol. The molecule has 0 spiro atoms. The first-order valence-electron chi connectivity index (χ1n) is 9.16. The van der Waals surface area contributed by atoms with Crippen molar-refractivity contribution in [2.45, 2.75) is 12.2 Å². The molecule has 148 valence electrons. The van der Waals surface area contributed by atoms with E-state index in [4.69, 9.17) is 16.3 Å². The van der Waals surface area contributed by atoms with Gasteiger partial charge in [-0.3, -0.25) is 5.32 Å². The number of methoxy groups -OCH3 is 1. The number of nitrogens with one attached hydrogen (secondary N) is 2. The van der Waals surface area contributed by atoms with E-state index < -0.39 is 0 Å². The lowest BCUT2D eigenvalue weighted by atomic mass is 9.98. The number of halogens is 2. The molecule has 0 radical (unpaired) electrons. The van der Waals surface area contributed by atoms with Gasteiger partial charge in [0.05, 0.1) is 13.2 Å². The number of benzene rings is 3. The first-order chi connectivity index (χ1) is 14.0. The maximum Gasteiger partial charge on any atom is 0.123 e. The first-order valence-corrected chi connectivity index (χ1v) is 9.54. The maximum atomic E-state index is 13.4. The Bertz CT molecular complexity index is 1040. The lowest BCUT2D eigenvalue weighted by molar-refractivity contribution is 0.414. The van der Waals surface area contributed by atoms with Crippen LogP contribution >= 0.6 is 11.6 Å². The number of hydrogen-bond donors (Lipinski definition) is 3. The SMILES string of the molecule is COc1ccc(C2=CC(c3cc(Cl)ccc3O)NC(c3ccc(F)cc3)N2)cc1. The molecular weight excluding hydrogens is 391 g/mol. The number of hydrogen-bond acceptors (Lipinski definition) is 4. The molecular formula is C23H20ClFN2O2. The van der Waals surface area contributed by atoms with Crippen molar-refractivity contribution in [3.05, 3.63) is 100 Å². The third-order valence-electron chi connectivity index (χ3n) is 4.91. The predicted octanol–water partition coefficient (Wildman–Crippen LogP) is 5.17. The normalized spacial score (nSPS) is 18.7. The van der Waals surface area contributed by atoms with Gasteiger partial charge in [0.2, 0.25) is 0 Å². The second kappa shape index (κ2) is 8.15. The smallest absolute Gasteiger partial charge is 0.123 e. The molecule has 0 amide bonds. The summed E-state index contributed by atoms with van der Waals surface area (Å²) in [6, 6.07) is 18.7. The summed E-state index contributed by atoms with van der Waals surface area (Å²) >= 11 is 6.16. The van der Waals surface area contributed by atoms with E-state index in [-0.39, 0.29) is 23.8 Å². The van der Waals surface area contributed by atoms with Crippen molar-refractivity contribution in [1.29, 1.82) is 0 Å². The average molecular weight is 411 g/mol. The number of aromatic hydroxyl groups is 1. The third kappa shape index (κ3) is 4.21. The highest BCUT2D eigenvalue weighted by Crippen LogP contribution is 2.35. The van der Waals surface area contributed by atoms with Crippen molar-refractivity contribution in [3.8, 4) is 11.5 Å². The Morgan fingerprint density at radius 2 is 1.72 bits per heavy atom. The van der Waals surface area contributed by atoms with Gasteiger partial charge in [-0.05, 0) is 71.8 Å². The molecule has 0 fully saturated rings. The van der Waals surface area contributed by atoms with Crippen LogP contribution in [-0.4, -0.2) is 12.2 Å². The summed E-state index contributed by atoms with van der Waals surface area (Å²) in [5.41, 5.74) is 3.38. The number of phenols is 1. The van der Waals surface area contributed by atoms with Gasteiger partial charge >= 0.3 is 0 Å². The zero-order valence-electron chi connectivity index (χ0n) is 15.7. The van der Waals surface area contributed by atoms with Crippen LogP contribution in [0.4, 0.5) is 4.39 Å². The van der Waals surface area contributed by atoms with E-state index in [0.717, 1.165) is 22.6 Å². The molecule has 1 aliphatic rings.